The average molecular weight is 857 g/mol. The molecule has 0 atom stereocenters. The summed E-state index contributed by atoms with van der Waals surface area (Å²) in [5, 5.41) is 3.87. The molecule has 2 aromatic heterocycles. The summed E-state index contributed by atoms with van der Waals surface area (Å²) in [7, 11) is 0. The second kappa shape index (κ2) is 16.1. The zero-order valence-electron chi connectivity index (χ0n) is 29.1. The summed E-state index contributed by atoms with van der Waals surface area (Å²) < 4.78 is 17.2. The summed E-state index contributed by atoms with van der Waals surface area (Å²) in [6.07, 6.45) is 6.89. The fourth-order valence-corrected chi connectivity index (χ4v) is 8.42. The molecule has 0 saturated carbocycles. The van der Waals surface area contributed by atoms with E-state index in [9.17, 15) is 14.4 Å². The molecule has 0 aliphatic heterocycles. The number of hydrogen-bond acceptors (Lipinski definition) is 8. The first-order valence-corrected chi connectivity index (χ1v) is 19.5. The van der Waals surface area contributed by atoms with Crippen molar-refractivity contribution in [3.05, 3.63) is 113 Å². The summed E-state index contributed by atoms with van der Waals surface area (Å²) in [4.78, 5) is 51.5. The van der Waals surface area contributed by atoms with E-state index < -0.39 is 17.9 Å². The maximum absolute atomic E-state index is 14.1. The number of ether oxygens (including phenoxy) is 3. The van der Waals surface area contributed by atoms with Gasteiger partial charge in [0, 0.05) is 54.8 Å². The largest absolute Gasteiger partial charge is 0.462 e. The topological polar surface area (TPSA) is 105 Å². The number of halogens is 6. The minimum atomic E-state index is -0.839. The molecular weight excluding hydrogens is 829 g/mol. The number of carbonyl (C=O) groups is 3. The summed E-state index contributed by atoms with van der Waals surface area (Å²) in [5.41, 5.74) is 2.10. The van der Waals surface area contributed by atoms with Gasteiger partial charge in [0.15, 0.2) is 11.5 Å². The smallest absolute Gasteiger partial charge is 0.344 e. The maximum Gasteiger partial charge on any atom is 0.344 e. The van der Waals surface area contributed by atoms with Crippen LogP contribution in [-0.4, -0.2) is 34.5 Å². The van der Waals surface area contributed by atoms with Crippen molar-refractivity contribution in [3.63, 3.8) is 0 Å². The van der Waals surface area contributed by atoms with Crippen LogP contribution >= 0.6 is 69.6 Å². The molecule has 0 amide bonds. The third-order valence-corrected chi connectivity index (χ3v) is 10.7. The van der Waals surface area contributed by atoms with E-state index in [1.807, 2.05) is 6.92 Å². The molecule has 7 aromatic rings. The van der Waals surface area contributed by atoms with Gasteiger partial charge < -0.3 is 14.2 Å². The standard InChI is InChI=1S/C41H28Cl6N2O6/c1-3-5-7-19-17-48-35-23-9-11-25(41(52)55-38-29(46)15-21(43)16-30(38)47)32-26(39(50)53-12-6-4-2)18-49-36(34(23)32)22-8-10-24(31(19)33(22)35)40(51)54-37-27(44)13-20(42)14-28(37)45/h8-11,13-18H,3-7,12H2,1-2H3. The fraction of sp³-hybridized carbons (Fsp3) is 0.195. The summed E-state index contributed by atoms with van der Waals surface area (Å²) in [6, 6.07) is 12.3. The van der Waals surface area contributed by atoms with Crippen molar-refractivity contribution in [1.29, 1.82) is 0 Å². The molecule has 0 fully saturated rings. The van der Waals surface area contributed by atoms with Gasteiger partial charge in [0.05, 0.1) is 54.4 Å². The van der Waals surface area contributed by atoms with Crippen LogP contribution in [0.5, 0.6) is 11.5 Å². The highest BCUT2D eigenvalue weighted by Crippen LogP contribution is 2.44. The number of hydrogen-bond donors (Lipinski definition) is 0. The van der Waals surface area contributed by atoms with Crippen molar-refractivity contribution in [1.82, 2.24) is 9.97 Å². The number of carbonyl (C=O) groups excluding carboxylic acids is 3. The monoisotopic (exact) mass is 854 g/mol. The van der Waals surface area contributed by atoms with Gasteiger partial charge >= 0.3 is 17.9 Å². The lowest BCUT2D eigenvalue weighted by Crippen LogP contribution is -2.14. The molecule has 0 unspecified atom stereocenters. The van der Waals surface area contributed by atoms with Crippen molar-refractivity contribution in [2.45, 2.75) is 46.0 Å². The molecule has 0 aliphatic carbocycles. The quantitative estimate of drug-likeness (QED) is 0.0416. The Hall–Kier alpha value is -4.15. The van der Waals surface area contributed by atoms with E-state index in [0.717, 1.165) is 24.8 Å². The van der Waals surface area contributed by atoms with Gasteiger partial charge in [0.25, 0.3) is 0 Å². The van der Waals surface area contributed by atoms with E-state index >= 15 is 0 Å². The van der Waals surface area contributed by atoms with Gasteiger partial charge in [0.2, 0.25) is 0 Å². The van der Waals surface area contributed by atoms with Crippen LogP contribution in [0.3, 0.4) is 0 Å². The van der Waals surface area contributed by atoms with Crippen LogP contribution in [0.2, 0.25) is 30.1 Å². The molecule has 55 heavy (non-hydrogen) atoms. The predicted octanol–water partition coefficient (Wildman–Crippen LogP) is 13.2. The third-order valence-electron chi connectivity index (χ3n) is 9.16. The van der Waals surface area contributed by atoms with Crippen LogP contribution in [0.15, 0.2) is 60.9 Å². The van der Waals surface area contributed by atoms with Crippen molar-refractivity contribution in [2.75, 3.05) is 6.61 Å². The van der Waals surface area contributed by atoms with Crippen molar-refractivity contribution < 1.29 is 28.6 Å². The van der Waals surface area contributed by atoms with E-state index in [2.05, 4.69) is 6.92 Å². The first-order valence-electron chi connectivity index (χ1n) is 17.2. The Labute approximate surface area is 344 Å². The van der Waals surface area contributed by atoms with Gasteiger partial charge in [-0.05, 0) is 61.2 Å². The Kier molecular flexibility index (Phi) is 11.5. The predicted molar refractivity (Wildman–Crippen MR) is 220 cm³/mol. The van der Waals surface area contributed by atoms with Crippen LogP contribution in [-0.2, 0) is 11.2 Å². The Morgan fingerprint density at radius 3 is 1.55 bits per heavy atom. The van der Waals surface area contributed by atoms with E-state index in [4.69, 9.17) is 93.8 Å². The van der Waals surface area contributed by atoms with Crippen LogP contribution in [0, 0.1) is 0 Å². The molecular formula is C41H28Cl6N2O6. The summed E-state index contributed by atoms with van der Waals surface area (Å²) >= 11 is 37.7. The molecule has 0 N–H and O–H groups in total. The lowest BCUT2D eigenvalue weighted by Gasteiger charge is -2.19. The molecule has 0 saturated heterocycles. The molecule has 0 radical (unpaired) electrons. The second-order valence-corrected chi connectivity index (χ2v) is 15.2. The number of benzene rings is 5. The highest BCUT2D eigenvalue weighted by Gasteiger charge is 2.28. The number of aryl methyl sites for hydroxylation is 1. The number of unbranched alkanes of at least 4 members (excludes halogenated alkanes) is 2. The number of aromatic nitrogens is 2. The van der Waals surface area contributed by atoms with Gasteiger partial charge in [-0.1, -0.05) is 108 Å². The average Bonchev–Trinajstić information content (AvgIpc) is 3.15. The molecule has 5 aromatic carbocycles. The van der Waals surface area contributed by atoms with Crippen LogP contribution in [0.25, 0.3) is 43.4 Å². The van der Waals surface area contributed by atoms with Crippen molar-refractivity contribution in [2.24, 2.45) is 0 Å². The molecule has 280 valence electrons. The van der Waals surface area contributed by atoms with E-state index in [0.29, 0.717) is 50.8 Å². The Morgan fingerprint density at radius 1 is 0.564 bits per heavy atom. The first kappa shape index (κ1) is 39.1. The number of esters is 3. The lowest BCUT2D eigenvalue weighted by molar-refractivity contribution is 0.0501. The SMILES string of the molecule is CCCCOC(=O)c1cnc2c3ccc(C(=O)Oc4c(Cl)cc(Cl)cc4Cl)c4c(CCCC)cnc(c5ccc(C(=O)Oc6c(Cl)cc(Cl)cc6Cl)c1c52)c43. The lowest BCUT2D eigenvalue weighted by atomic mass is 9.88. The first-order chi connectivity index (χ1) is 26.4. The van der Waals surface area contributed by atoms with E-state index in [1.165, 1.54) is 36.5 Å². The highest BCUT2D eigenvalue weighted by atomic mass is 35.5. The van der Waals surface area contributed by atoms with Gasteiger partial charge in [-0.2, -0.15) is 0 Å². The van der Waals surface area contributed by atoms with Crippen molar-refractivity contribution >= 4 is 131 Å². The van der Waals surface area contributed by atoms with Crippen LogP contribution < -0.4 is 9.47 Å². The Balaban J connectivity index is 1.49. The number of rotatable bonds is 11. The Morgan fingerprint density at radius 2 is 1.04 bits per heavy atom. The minimum absolute atomic E-state index is 0.0214. The Bertz CT molecular complexity index is 2640. The zero-order valence-corrected chi connectivity index (χ0v) is 33.7. The van der Waals surface area contributed by atoms with Gasteiger partial charge in [-0.3, -0.25) is 9.97 Å². The summed E-state index contributed by atoms with van der Waals surface area (Å²) in [6.45, 7) is 4.22. The fourth-order valence-electron chi connectivity index (χ4n) is 6.63. The maximum atomic E-state index is 14.1. The highest BCUT2D eigenvalue weighted by molar-refractivity contribution is 6.42. The molecule has 0 aliphatic rings. The summed E-state index contributed by atoms with van der Waals surface area (Å²) in [5.74, 6) is -2.33. The molecule has 7 rings (SSSR count). The van der Waals surface area contributed by atoms with Crippen LogP contribution in [0.4, 0.5) is 0 Å². The molecule has 0 spiro atoms. The number of pyridine rings is 2. The van der Waals surface area contributed by atoms with E-state index in [1.54, 1.807) is 24.4 Å². The molecule has 8 nitrogen and oxygen atoms in total. The molecule has 2 heterocycles. The third kappa shape index (κ3) is 7.32. The number of nitrogens with zero attached hydrogens (tertiary/aromatic N) is 2. The van der Waals surface area contributed by atoms with Gasteiger partial charge in [-0.15, -0.1) is 0 Å². The number of fused-ring (bicyclic) bond motifs is 2. The van der Waals surface area contributed by atoms with E-state index in [-0.39, 0.29) is 70.3 Å². The van der Waals surface area contributed by atoms with Crippen LogP contribution in [0.1, 0.15) is 76.2 Å². The normalized spacial score (nSPS) is 11.6. The van der Waals surface area contributed by atoms with Crippen molar-refractivity contribution in [3.8, 4) is 11.5 Å². The van der Waals surface area contributed by atoms with Gasteiger partial charge in [-0.25, -0.2) is 14.4 Å². The molecule has 0 bridgehead atoms. The molecule has 14 heteroatoms. The zero-order chi connectivity index (χ0) is 39.1. The second-order valence-electron chi connectivity index (χ2n) is 12.7. The minimum Gasteiger partial charge on any atom is -0.462 e. The van der Waals surface area contributed by atoms with Gasteiger partial charge in [0.1, 0.15) is 0 Å².